The molecule has 0 rings (SSSR count). The quantitative estimate of drug-likeness (QED) is 0.338. The summed E-state index contributed by atoms with van der Waals surface area (Å²) in [5.74, 6) is 0. The number of carbonyl (C=O) groups excluding carboxylic acids is 2. The standard InChI is InChI=1S/C10H18O.C5H10O/c1-3-5-6-8-10(9-11)7-4-2;1-2-3-4-5-6/h8-9H,3-7H2,1-2H3;5H,2-4H2,1H3. The van der Waals surface area contributed by atoms with Gasteiger partial charge in [0.15, 0.2) is 0 Å². The van der Waals surface area contributed by atoms with Gasteiger partial charge in [0.1, 0.15) is 12.6 Å². The summed E-state index contributed by atoms with van der Waals surface area (Å²) in [5, 5.41) is 0. The zero-order valence-electron chi connectivity index (χ0n) is 11.7. The first-order chi connectivity index (χ1) is 8.26. The lowest BCUT2D eigenvalue weighted by Gasteiger charge is -1.95. The van der Waals surface area contributed by atoms with Gasteiger partial charge in [-0.1, -0.05) is 52.5 Å². The van der Waals surface area contributed by atoms with Crippen molar-refractivity contribution in [2.75, 3.05) is 0 Å². The minimum atomic E-state index is 0.733. The van der Waals surface area contributed by atoms with Crippen LogP contribution in [0.2, 0.25) is 0 Å². The number of hydrogen-bond acceptors (Lipinski definition) is 2. The number of carbonyl (C=O) groups is 2. The molecule has 2 heteroatoms. The number of aldehydes is 2. The molecule has 0 spiro atoms. The smallest absolute Gasteiger partial charge is 0.145 e. The molecule has 0 aromatic heterocycles. The maximum absolute atomic E-state index is 10.4. The molecule has 17 heavy (non-hydrogen) atoms. The second-order valence-corrected chi connectivity index (χ2v) is 4.10. The fourth-order valence-corrected chi connectivity index (χ4v) is 1.28. The highest BCUT2D eigenvalue weighted by Gasteiger charge is 1.91. The normalized spacial score (nSPS) is 10.4. The van der Waals surface area contributed by atoms with Crippen LogP contribution in [0.5, 0.6) is 0 Å². The van der Waals surface area contributed by atoms with Crippen LogP contribution in [-0.2, 0) is 9.59 Å². The summed E-state index contributed by atoms with van der Waals surface area (Å²) < 4.78 is 0. The molecule has 0 aromatic carbocycles. The molecule has 0 fully saturated rings. The zero-order chi connectivity index (χ0) is 13.4. The minimum absolute atomic E-state index is 0.733. The Bertz CT molecular complexity index is 195. The first-order valence-electron chi connectivity index (χ1n) is 6.84. The largest absolute Gasteiger partial charge is 0.303 e. The molecule has 0 aromatic rings. The summed E-state index contributed by atoms with van der Waals surface area (Å²) in [4.78, 5) is 20.0. The van der Waals surface area contributed by atoms with Gasteiger partial charge >= 0.3 is 0 Å². The maximum atomic E-state index is 10.4. The summed E-state index contributed by atoms with van der Waals surface area (Å²) >= 11 is 0. The van der Waals surface area contributed by atoms with Gasteiger partial charge in [-0.2, -0.15) is 0 Å². The topological polar surface area (TPSA) is 34.1 Å². The Balaban J connectivity index is 0. The summed E-state index contributed by atoms with van der Waals surface area (Å²) in [5.41, 5.74) is 0.973. The average molecular weight is 240 g/mol. The second kappa shape index (κ2) is 17.5. The van der Waals surface area contributed by atoms with E-state index in [9.17, 15) is 9.59 Å². The molecule has 0 saturated heterocycles. The maximum Gasteiger partial charge on any atom is 0.145 e. The third-order valence-corrected chi connectivity index (χ3v) is 2.33. The van der Waals surface area contributed by atoms with Gasteiger partial charge < -0.3 is 4.79 Å². The van der Waals surface area contributed by atoms with Crippen molar-refractivity contribution in [2.24, 2.45) is 0 Å². The van der Waals surface area contributed by atoms with Crippen molar-refractivity contribution >= 4 is 12.6 Å². The van der Waals surface area contributed by atoms with Crippen LogP contribution in [0.25, 0.3) is 0 Å². The van der Waals surface area contributed by atoms with Gasteiger partial charge in [0.2, 0.25) is 0 Å². The average Bonchev–Trinajstić information content (AvgIpc) is 2.36. The van der Waals surface area contributed by atoms with Crippen LogP contribution in [0.1, 0.15) is 72.1 Å². The molecular weight excluding hydrogens is 212 g/mol. The summed E-state index contributed by atoms with van der Waals surface area (Å²) in [6.07, 6.45) is 12.4. The molecule has 2 nitrogen and oxygen atoms in total. The Morgan fingerprint density at radius 3 is 1.82 bits per heavy atom. The first kappa shape index (κ1) is 18.4. The van der Waals surface area contributed by atoms with E-state index in [0.29, 0.717) is 0 Å². The number of rotatable bonds is 9. The van der Waals surface area contributed by atoms with Crippen LogP contribution in [0.3, 0.4) is 0 Å². The predicted molar refractivity (Wildman–Crippen MR) is 74.2 cm³/mol. The third-order valence-electron chi connectivity index (χ3n) is 2.33. The lowest BCUT2D eigenvalue weighted by Crippen LogP contribution is -1.83. The van der Waals surface area contributed by atoms with E-state index < -0.39 is 0 Å². The molecule has 100 valence electrons. The van der Waals surface area contributed by atoms with Crippen LogP contribution in [0.15, 0.2) is 11.6 Å². The van der Waals surface area contributed by atoms with E-state index in [1.807, 2.05) is 0 Å². The van der Waals surface area contributed by atoms with Crippen LogP contribution < -0.4 is 0 Å². The third kappa shape index (κ3) is 17.7. The number of hydrogen-bond donors (Lipinski definition) is 0. The van der Waals surface area contributed by atoms with Gasteiger partial charge in [-0.05, 0) is 24.8 Å². The molecule has 0 aliphatic heterocycles. The van der Waals surface area contributed by atoms with Crippen molar-refractivity contribution in [3.8, 4) is 0 Å². The molecule has 0 aliphatic carbocycles. The summed E-state index contributed by atoms with van der Waals surface area (Å²) in [6, 6.07) is 0. The lowest BCUT2D eigenvalue weighted by molar-refractivity contribution is -0.108. The zero-order valence-corrected chi connectivity index (χ0v) is 11.7. The highest BCUT2D eigenvalue weighted by atomic mass is 16.1. The predicted octanol–water partition coefficient (Wildman–Crippen LogP) is 4.48. The fraction of sp³-hybridized carbons (Fsp3) is 0.733. The first-order valence-corrected chi connectivity index (χ1v) is 6.84. The molecular formula is C15H28O2. The molecule has 0 amide bonds. The van der Waals surface area contributed by atoms with Crippen molar-refractivity contribution in [1.29, 1.82) is 0 Å². The molecule has 0 saturated carbocycles. The summed E-state index contributed by atoms with van der Waals surface area (Å²) in [6.45, 7) is 6.33. The van der Waals surface area contributed by atoms with E-state index in [0.717, 1.165) is 56.7 Å². The Kier molecular flexibility index (Phi) is 19.0. The van der Waals surface area contributed by atoms with E-state index in [1.54, 1.807) is 0 Å². The number of allylic oxidation sites excluding steroid dienone is 2. The van der Waals surface area contributed by atoms with E-state index in [2.05, 4.69) is 26.8 Å². The Morgan fingerprint density at radius 1 is 0.882 bits per heavy atom. The molecule has 0 atom stereocenters. The van der Waals surface area contributed by atoms with Crippen LogP contribution in [0.4, 0.5) is 0 Å². The molecule has 0 bridgehead atoms. The monoisotopic (exact) mass is 240 g/mol. The molecule has 0 aliphatic rings. The second-order valence-electron chi connectivity index (χ2n) is 4.10. The van der Waals surface area contributed by atoms with E-state index in [-0.39, 0.29) is 0 Å². The van der Waals surface area contributed by atoms with Crippen LogP contribution >= 0.6 is 0 Å². The lowest BCUT2D eigenvalue weighted by atomic mass is 10.1. The molecule has 0 N–H and O–H groups in total. The van der Waals surface area contributed by atoms with Crippen molar-refractivity contribution < 1.29 is 9.59 Å². The highest BCUT2D eigenvalue weighted by molar-refractivity contribution is 5.72. The Hall–Kier alpha value is -0.920. The molecule has 0 heterocycles. The number of unbranched alkanes of at least 4 members (excludes halogenated alkanes) is 4. The fourth-order valence-electron chi connectivity index (χ4n) is 1.28. The SMILES string of the molecule is CCCCC=C(C=O)CCC.CCCCC=O. The van der Waals surface area contributed by atoms with Gasteiger partial charge in [-0.3, -0.25) is 4.79 Å². The van der Waals surface area contributed by atoms with Gasteiger partial charge in [-0.25, -0.2) is 0 Å². The van der Waals surface area contributed by atoms with Crippen molar-refractivity contribution in [3.05, 3.63) is 11.6 Å². The molecule has 0 unspecified atom stereocenters. The van der Waals surface area contributed by atoms with Gasteiger partial charge in [0.05, 0.1) is 0 Å². The van der Waals surface area contributed by atoms with Crippen molar-refractivity contribution in [1.82, 2.24) is 0 Å². The van der Waals surface area contributed by atoms with Gasteiger partial charge in [-0.15, -0.1) is 0 Å². The van der Waals surface area contributed by atoms with Crippen molar-refractivity contribution in [2.45, 2.75) is 72.1 Å². The van der Waals surface area contributed by atoms with Gasteiger partial charge in [0.25, 0.3) is 0 Å². The highest BCUT2D eigenvalue weighted by Crippen LogP contribution is 2.05. The van der Waals surface area contributed by atoms with Crippen molar-refractivity contribution in [3.63, 3.8) is 0 Å². The Morgan fingerprint density at radius 2 is 1.47 bits per heavy atom. The minimum Gasteiger partial charge on any atom is -0.303 e. The molecule has 0 radical (unpaired) electrons. The summed E-state index contributed by atoms with van der Waals surface area (Å²) in [7, 11) is 0. The van der Waals surface area contributed by atoms with Crippen LogP contribution in [-0.4, -0.2) is 12.6 Å². The van der Waals surface area contributed by atoms with Crippen LogP contribution in [0, 0.1) is 0 Å². The van der Waals surface area contributed by atoms with E-state index in [1.165, 1.54) is 12.8 Å². The van der Waals surface area contributed by atoms with E-state index in [4.69, 9.17) is 0 Å². The van der Waals surface area contributed by atoms with Gasteiger partial charge in [0, 0.05) is 6.42 Å². The van der Waals surface area contributed by atoms with E-state index >= 15 is 0 Å². The Labute approximate surface area is 106 Å².